The molecule has 0 saturated heterocycles. The normalized spacial score (nSPS) is 10.5. The van der Waals surface area contributed by atoms with Crippen molar-refractivity contribution in [2.24, 2.45) is 0 Å². The predicted molar refractivity (Wildman–Crippen MR) is 89.5 cm³/mol. The van der Waals surface area contributed by atoms with Crippen LogP contribution >= 0.6 is 22.9 Å². The molecule has 6 heteroatoms. The number of aryl methyl sites for hydroxylation is 1. The molecule has 0 aliphatic rings. The summed E-state index contributed by atoms with van der Waals surface area (Å²) in [5.41, 5.74) is 2.26. The van der Waals surface area contributed by atoms with E-state index < -0.39 is 0 Å². The SMILES string of the molecule is Cc1nc(-c2cccnc2)sc1C(=O)Nc1cccc(Cl)c1. The largest absolute Gasteiger partial charge is 0.321 e. The van der Waals surface area contributed by atoms with Gasteiger partial charge in [0.1, 0.15) is 9.88 Å². The van der Waals surface area contributed by atoms with Gasteiger partial charge in [-0.2, -0.15) is 0 Å². The summed E-state index contributed by atoms with van der Waals surface area (Å²) in [6, 6.07) is 10.8. The van der Waals surface area contributed by atoms with Gasteiger partial charge >= 0.3 is 0 Å². The monoisotopic (exact) mass is 329 g/mol. The quantitative estimate of drug-likeness (QED) is 0.774. The van der Waals surface area contributed by atoms with E-state index in [1.54, 1.807) is 36.7 Å². The second kappa shape index (κ2) is 6.25. The minimum absolute atomic E-state index is 0.188. The smallest absolute Gasteiger partial charge is 0.267 e. The fourth-order valence-corrected chi connectivity index (χ4v) is 3.12. The number of nitrogens with zero attached hydrogens (tertiary/aromatic N) is 2. The van der Waals surface area contributed by atoms with Gasteiger partial charge in [0.2, 0.25) is 0 Å². The minimum atomic E-state index is -0.188. The molecule has 0 fully saturated rings. The summed E-state index contributed by atoms with van der Waals surface area (Å²) in [5, 5.41) is 4.19. The second-order valence-corrected chi connectivity index (χ2v) is 6.08. The third kappa shape index (κ3) is 3.16. The summed E-state index contributed by atoms with van der Waals surface area (Å²) >= 11 is 7.27. The first-order chi connectivity index (χ1) is 10.6. The van der Waals surface area contributed by atoms with Gasteiger partial charge in [0, 0.05) is 28.7 Å². The van der Waals surface area contributed by atoms with Gasteiger partial charge in [-0.3, -0.25) is 9.78 Å². The Morgan fingerprint density at radius 2 is 2.14 bits per heavy atom. The lowest BCUT2D eigenvalue weighted by molar-refractivity contribution is 0.103. The number of rotatable bonds is 3. The summed E-state index contributed by atoms with van der Waals surface area (Å²) in [4.78, 5) is 21.5. The molecule has 0 saturated carbocycles. The Balaban J connectivity index is 1.86. The molecule has 0 radical (unpaired) electrons. The van der Waals surface area contributed by atoms with Crippen molar-refractivity contribution in [3.63, 3.8) is 0 Å². The number of carbonyl (C=O) groups excluding carboxylic acids is 1. The van der Waals surface area contributed by atoms with Crippen LogP contribution in [0, 0.1) is 6.92 Å². The molecule has 0 aliphatic heterocycles. The van der Waals surface area contributed by atoms with Crippen LogP contribution in [0.25, 0.3) is 10.6 Å². The molecule has 1 N–H and O–H groups in total. The molecule has 1 aromatic carbocycles. The van der Waals surface area contributed by atoms with Gasteiger partial charge in [0.25, 0.3) is 5.91 Å². The Hall–Kier alpha value is -2.24. The Bertz CT molecular complexity index is 817. The number of aromatic nitrogens is 2. The summed E-state index contributed by atoms with van der Waals surface area (Å²) in [7, 11) is 0. The van der Waals surface area contributed by atoms with Crippen LogP contribution in [0.15, 0.2) is 48.8 Å². The number of hydrogen-bond acceptors (Lipinski definition) is 4. The van der Waals surface area contributed by atoms with Crippen molar-refractivity contribution in [2.45, 2.75) is 6.92 Å². The zero-order valence-electron chi connectivity index (χ0n) is 11.7. The third-order valence-electron chi connectivity index (χ3n) is 2.99. The van der Waals surface area contributed by atoms with E-state index >= 15 is 0 Å². The van der Waals surface area contributed by atoms with Gasteiger partial charge in [-0.1, -0.05) is 17.7 Å². The molecule has 0 bridgehead atoms. The lowest BCUT2D eigenvalue weighted by atomic mass is 10.3. The van der Waals surface area contributed by atoms with E-state index in [0.717, 1.165) is 10.6 Å². The molecule has 110 valence electrons. The third-order valence-corrected chi connectivity index (χ3v) is 4.43. The first kappa shape index (κ1) is 14.7. The average molecular weight is 330 g/mol. The number of hydrogen-bond donors (Lipinski definition) is 1. The molecule has 0 atom stereocenters. The Morgan fingerprint density at radius 3 is 2.86 bits per heavy atom. The molecule has 0 spiro atoms. The maximum atomic E-state index is 12.4. The molecule has 22 heavy (non-hydrogen) atoms. The van der Waals surface area contributed by atoms with Crippen LogP contribution in [-0.4, -0.2) is 15.9 Å². The number of halogens is 1. The molecule has 3 rings (SSSR count). The molecule has 2 aromatic heterocycles. The first-order valence-corrected chi connectivity index (χ1v) is 7.77. The highest BCUT2D eigenvalue weighted by molar-refractivity contribution is 7.17. The van der Waals surface area contributed by atoms with Gasteiger partial charge in [-0.25, -0.2) is 4.98 Å². The molecule has 2 heterocycles. The van der Waals surface area contributed by atoms with Gasteiger partial charge < -0.3 is 5.32 Å². The number of pyridine rings is 1. The Labute approximate surface area is 136 Å². The molecule has 1 amide bonds. The lowest BCUT2D eigenvalue weighted by Gasteiger charge is -2.04. The summed E-state index contributed by atoms with van der Waals surface area (Å²) in [6.45, 7) is 1.82. The zero-order valence-corrected chi connectivity index (χ0v) is 13.3. The standard InChI is InChI=1S/C16H12ClN3OS/c1-10-14(15(21)20-13-6-2-5-12(17)8-13)22-16(19-10)11-4-3-7-18-9-11/h2-9H,1H3,(H,20,21). The van der Waals surface area contributed by atoms with E-state index in [1.807, 2.05) is 19.1 Å². The molecule has 0 unspecified atom stereocenters. The van der Waals surface area contributed by atoms with Crippen LogP contribution in [0.2, 0.25) is 5.02 Å². The van der Waals surface area contributed by atoms with Crippen molar-refractivity contribution in [1.29, 1.82) is 0 Å². The highest BCUT2D eigenvalue weighted by Crippen LogP contribution is 2.28. The average Bonchev–Trinajstić information content (AvgIpc) is 2.90. The van der Waals surface area contributed by atoms with Crippen LogP contribution in [0.5, 0.6) is 0 Å². The number of thiazole rings is 1. The van der Waals surface area contributed by atoms with E-state index in [9.17, 15) is 4.79 Å². The van der Waals surface area contributed by atoms with Crippen molar-refractivity contribution in [3.05, 3.63) is 64.4 Å². The maximum absolute atomic E-state index is 12.4. The number of nitrogens with one attached hydrogen (secondary N) is 1. The minimum Gasteiger partial charge on any atom is -0.321 e. The van der Waals surface area contributed by atoms with E-state index in [1.165, 1.54) is 11.3 Å². The zero-order chi connectivity index (χ0) is 15.5. The number of carbonyl (C=O) groups is 1. The number of amides is 1. The highest BCUT2D eigenvalue weighted by Gasteiger charge is 2.16. The van der Waals surface area contributed by atoms with Crippen LogP contribution in [0.1, 0.15) is 15.4 Å². The van der Waals surface area contributed by atoms with Gasteiger partial charge in [0.15, 0.2) is 0 Å². The molecule has 0 aliphatic carbocycles. The molecular formula is C16H12ClN3OS. The van der Waals surface area contributed by atoms with Crippen LogP contribution in [-0.2, 0) is 0 Å². The predicted octanol–water partition coefficient (Wildman–Crippen LogP) is 4.42. The van der Waals surface area contributed by atoms with E-state index in [4.69, 9.17) is 11.6 Å². The van der Waals surface area contributed by atoms with E-state index in [0.29, 0.717) is 21.3 Å². The summed E-state index contributed by atoms with van der Waals surface area (Å²) in [6.07, 6.45) is 3.44. The Morgan fingerprint density at radius 1 is 1.27 bits per heavy atom. The lowest BCUT2D eigenvalue weighted by Crippen LogP contribution is -2.11. The summed E-state index contributed by atoms with van der Waals surface area (Å²) < 4.78 is 0. The Kier molecular flexibility index (Phi) is 4.18. The van der Waals surface area contributed by atoms with Crippen LogP contribution < -0.4 is 5.32 Å². The first-order valence-electron chi connectivity index (χ1n) is 6.58. The van der Waals surface area contributed by atoms with Crippen molar-refractivity contribution >= 4 is 34.5 Å². The fraction of sp³-hybridized carbons (Fsp3) is 0.0625. The van der Waals surface area contributed by atoms with E-state index in [2.05, 4.69) is 15.3 Å². The number of benzene rings is 1. The van der Waals surface area contributed by atoms with Crippen molar-refractivity contribution < 1.29 is 4.79 Å². The summed E-state index contributed by atoms with van der Waals surface area (Å²) in [5.74, 6) is -0.188. The van der Waals surface area contributed by atoms with Gasteiger partial charge in [-0.15, -0.1) is 11.3 Å². The molecule has 4 nitrogen and oxygen atoms in total. The van der Waals surface area contributed by atoms with Crippen molar-refractivity contribution in [1.82, 2.24) is 9.97 Å². The van der Waals surface area contributed by atoms with E-state index in [-0.39, 0.29) is 5.91 Å². The molecule has 3 aromatic rings. The second-order valence-electron chi connectivity index (χ2n) is 4.64. The van der Waals surface area contributed by atoms with Crippen molar-refractivity contribution in [3.8, 4) is 10.6 Å². The van der Waals surface area contributed by atoms with Crippen LogP contribution in [0.3, 0.4) is 0 Å². The number of anilines is 1. The van der Waals surface area contributed by atoms with Gasteiger partial charge in [-0.05, 0) is 37.3 Å². The van der Waals surface area contributed by atoms with Crippen molar-refractivity contribution in [2.75, 3.05) is 5.32 Å². The highest BCUT2D eigenvalue weighted by atomic mass is 35.5. The van der Waals surface area contributed by atoms with Gasteiger partial charge in [0.05, 0.1) is 5.69 Å². The molecular weight excluding hydrogens is 318 g/mol. The topological polar surface area (TPSA) is 54.9 Å². The maximum Gasteiger partial charge on any atom is 0.267 e. The fourth-order valence-electron chi connectivity index (χ4n) is 1.97. The van der Waals surface area contributed by atoms with Crippen LogP contribution in [0.4, 0.5) is 5.69 Å².